The van der Waals surface area contributed by atoms with E-state index in [9.17, 15) is 4.79 Å². The van der Waals surface area contributed by atoms with Crippen LogP contribution < -0.4 is 5.73 Å². The second kappa shape index (κ2) is 6.32. The van der Waals surface area contributed by atoms with Crippen molar-refractivity contribution < 1.29 is 14.7 Å². The summed E-state index contributed by atoms with van der Waals surface area (Å²) in [6, 6.07) is 0.140. The second-order valence-electron chi connectivity index (χ2n) is 4.59. The highest BCUT2D eigenvalue weighted by atomic mass is 16.6. The number of rotatable bonds is 4. The van der Waals surface area contributed by atoms with Crippen molar-refractivity contribution in [3.63, 3.8) is 0 Å². The molecule has 0 radical (unpaired) electrons. The van der Waals surface area contributed by atoms with Crippen LogP contribution in [-0.2, 0) is 4.74 Å². The van der Waals surface area contributed by atoms with Crippen LogP contribution in [0, 0.1) is 0 Å². The van der Waals surface area contributed by atoms with E-state index in [1.807, 2.05) is 0 Å². The lowest BCUT2D eigenvalue weighted by atomic mass is 10.2. The third kappa shape index (κ3) is 4.13. The summed E-state index contributed by atoms with van der Waals surface area (Å²) >= 11 is 0. The van der Waals surface area contributed by atoms with Gasteiger partial charge in [-0.05, 0) is 26.7 Å². The van der Waals surface area contributed by atoms with Crippen molar-refractivity contribution in [1.29, 1.82) is 0 Å². The van der Waals surface area contributed by atoms with Gasteiger partial charge in [0.25, 0.3) is 0 Å². The van der Waals surface area contributed by atoms with Crippen molar-refractivity contribution in [2.24, 2.45) is 10.9 Å². The van der Waals surface area contributed by atoms with Gasteiger partial charge in [-0.2, -0.15) is 0 Å². The maximum atomic E-state index is 11.9. The lowest BCUT2D eigenvalue weighted by molar-refractivity contribution is 0.0690. The van der Waals surface area contributed by atoms with E-state index < -0.39 is 6.09 Å². The van der Waals surface area contributed by atoms with Crippen LogP contribution in [0.5, 0.6) is 0 Å². The molecule has 1 fully saturated rings. The fraction of sp³-hybridized carbons (Fsp3) is 0.818. The Morgan fingerprint density at radius 1 is 1.53 bits per heavy atom. The summed E-state index contributed by atoms with van der Waals surface area (Å²) in [5.41, 5.74) is 5.46. The number of carbonyl (C=O) groups excluding carboxylic acids is 1. The molecule has 0 aromatic rings. The van der Waals surface area contributed by atoms with Gasteiger partial charge in [0.15, 0.2) is 5.84 Å². The molecule has 3 N–H and O–H groups in total. The smallest absolute Gasteiger partial charge is 0.410 e. The van der Waals surface area contributed by atoms with Crippen LogP contribution in [0.15, 0.2) is 5.16 Å². The molecule has 0 bridgehead atoms. The van der Waals surface area contributed by atoms with Crippen LogP contribution in [0.2, 0.25) is 0 Å². The summed E-state index contributed by atoms with van der Waals surface area (Å²) in [4.78, 5) is 13.5. The Hall–Kier alpha value is -1.46. The molecule has 1 aliphatic rings. The first-order chi connectivity index (χ1) is 8.04. The molecule has 0 aromatic carbocycles. The summed E-state index contributed by atoms with van der Waals surface area (Å²) in [6.45, 7) is 3.72. The van der Waals surface area contributed by atoms with E-state index in [1.54, 1.807) is 18.7 Å². The quantitative estimate of drug-likeness (QED) is 0.339. The van der Waals surface area contributed by atoms with E-state index in [4.69, 9.17) is 15.7 Å². The van der Waals surface area contributed by atoms with E-state index in [1.165, 1.54) is 0 Å². The minimum atomic E-state index is -0.390. The highest BCUT2D eigenvalue weighted by Gasteiger charge is 2.28. The average molecular weight is 243 g/mol. The summed E-state index contributed by atoms with van der Waals surface area (Å²) < 4.78 is 5.16. The van der Waals surface area contributed by atoms with Gasteiger partial charge < -0.3 is 15.7 Å². The van der Waals surface area contributed by atoms with E-state index >= 15 is 0 Å². The minimum Gasteiger partial charge on any atom is -0.447 e. The Kier molecular flexibility index (Phi) is 5.06. The Balaban J connectivity index is 2.66. The Morgan fingerprint density at radius 2 is 2.12 bits per heavy atom. The van der Waals surface area contributed by atoms with E-state index in [2.05, 4.69) is 5.16 Å². The molecule has 0 atom stereocenters. The molecule has 0 unspecified atom stereocenters. The van der Waals surface area contributed by atoms with Gasteiger partial charge in [-0.15, -0.1) is 0 Å². The Bertz CT molecular complexity index is 286. The fourth-order valence-electron chi connectivity index (χ4n) is 2.03. The van der Waals surface area contributed by atoms with Crippen LogP contribution in [0.4, 0.5) is 4.79 Å². The molecule has 0 heterocycles. The first kappa shape index (κ1) is 13.6. The summed E-state index contributed by atoms with van der Waals surface area (Å²) in [7, 11) is 0. The molecule has 1 amide bonds. The van der Waals surface area contributed by atoms with Gasteiger partial charge in [0.1, 0.15) is 0 Å². The number of nitrogens with two attached hydrogens (primary N) is 1. The highest BCUT2D eigenvalue weighted by Crippen LogP contribution is 2.24. The molecule has 0 aromatic heterocycles. The highest BCUT2D eigenvalue weighted by molar-refractivity contribution is 5.85. The number of nitrogens with zero attached hydrogens (tertiary/aromatic N) is 2. The van der Waals surface area contributed by atoms with Gasteiger partial charge in [-0.25, -0.2) is 4.79 Å². The van der Waals surface area contributed by atoms with Crippen molar-refractivity contribution in [3.05, 3.63) is 0 Å². The molecule has 6 heteroatoms. The Labute approximate surface area is 101 Å². The molecule has 1 saturated carbocycles. The average Bonchev–Trinajstić information content (AvgIpc) is 2.77. The fourth-order valence-corrected chi connectivity index (χ4v) is 2.03. The van der Waals surface area contributed by atoms with Crippen molar-refractivity contribution >= 4 is 11.9 Å². The maximum Gasteiger partial charge on any atom is 0.410 e. The predicted octanol–water partition coefficient (Wildman–Crippen LogP) is 1.52. The minimum absolute atomic E-state index is 0.0256. The number of ether oxygens (including phenoxy) is 1. The molecule has 0 saturated heterocycles. The normalized spacial score (nSPS) is 17.5. The first-order valence-corrected chi connectivity index (χ1v) is 5.98. The van der Waals surface area contributed by atoms with Crippen molar-refractivity contribution in [3.8, 4) is 0 Å². The molecule has 1 rings (SSSR count). The van der Waals surface area contributed by atoms with Gasteiger partial charge in [-0.1, -0.05) is 18.0 Å². The van der Waals surface area contributed by atoms with E-state index in [0.717, 1.165) is 25.7 Å². The van der Waals surface area contributed by atoms with Gasteiger partial charge in [0, 0.05) is 6.04 Å². The molecular formula is C11H21N3O3. The number of oxime groups is 1. The number of amides is 1. The summed E-state index contributed by atoms with van der Waals surface area (Å²) in [5.74, 6) is 0.0256. The van der Waals surface area contributed by atoms with Gasteiger partial charge in [0.05, 0.1) is 12.6 Å². The second-order valence-corrected chi connectivity index (χ2v) is 4.59. The van der Waals surface area contributed by atoms with Crippen molar-refractivity contribution in [2.45, 2.75) is 51.7 Å². The SMILES string of the molecule is CC(C)OC(=O)N(CC(N)=NO)C1CCCC1. The monoisotopic (exact) mass is 243 g/mol. The third-order valence-corrected chi connectivity index (χ3v) is 2.80. The zero-order chi connectivity index (χ0) is 12.8. The van der Waals surface area contributed by atoms with Crippen molar-refractivity contribution in [2.75, 3.05) is 6.54 Å². The predicted molar refractivity (Wildman–Crippen MR) is 64.0 cm³/mol. The van der Waals surface area contributed by atoms with Crippen LogP contribution in [-0.4, -0.2) is 40.7 Å². The number of carbonyl (C=O) groups is 1. The van der Waals surface area contributed by atoms with E-state index in [0.29, 0.717) is 0 Å². The molecular weight excluding hydrogens is 222 g/mol. The lowest BCUT2D eigenvalue weighted by Gasteiger charge is -2.28. The molecule has 98 valence electrons. The van der Waals surface area contributed by atoms with Gasteiger partial charge in [-0.3, -0.25) is 4.90 Å². The summed E-state index contributed by atoms with van der Waals surface area (Å²) in [6.07, 6.45) is 3.55. The van der Waals surface area contributed by atoms with E-state index in [-0.39, 0.29) is 24.5 Å². The third-order valence-electron chi connectivity index (χ3n) is 2.80. The van der Waals surface area contributed by atoms with Crippen LogP contribution >= 0.6 is 0 Å². The van der Waals surface area contributed by atoms with Gasteiger partial charge in [0.2, 0.25) is 0 Å². The molecule has 1 aliphatic carbocycles. The Morgan fingerprint density at radius 3 is 2.59 bits per heavy atom. The first-order valence-electron chi connectivity index (χ1n) is 5.98. The largest absolute Gasteiger partial charge is 0.447 e. The zero-order valence-corrected chi connectivity index (χ0v) is 10.4. The molecule has 0 spiro atoms. The zero-order valence-electron chi connectivity index (χ0n) is 10.4. The van der Waals surface area contributed by atoms with Crippen LogP contribution in [0.25, 0.3) is 0 Å². The topological polar surface area (TPSA) is 88.2 Å². The van der Waals surface area contributed by atoms with Crippen LogP contribution in [0.3, 0.4) is 0 Å². The van der Waals surface area contributed by atoms with Gasteiger partial charge >= 0.3 is 6.09 Å². The number of amidine groups is 1. The maximum absolute atomic E-state index is 11.9. The molecule has 0 aliphatic heterocycles. The lowest BCUT2D eigenvalue weighted by Crippen LogP contribution is -2.45. The molecule has 6 nitrogen and oxygen atoms in total. The van der Waals surface area contributed by atoms with Crippen LogP contribution in [0.1, 0.15) is 39.5 Å². The standard InChI is InChI=1S/C11H21N3O3/c1-8(2)17-11(15)14(7-10(12)13-16)9-5-3-4-6-9/h8-9,16H,3-7H2,1-2H3,(H2,12,13). The molecule has 17 heavy (non-hydrogen) atoms. The number of hydrogen-bond acceptors (Lipinski definition) is 4. The van der Waals surface area contributed by atoms with Crippen molar-refractivity contribution in [1.82, 2.24) is 4.90 Å². The number of hydrogen-bond donors (Lipinski definition) is 2. The summed E-state index contributed by atoms with van der Waals surface area (Å²) in [5, 5.41) is 11.5.